The van der Waals surface area contributed by atoms with Crippen LogP contribution in [0.2, 0.25) is 10.0 Å². The summed E-state index contributed by atoms with van der Waals surface area (Å²) in [5, 5.41) is 0.692. The monoisotopic (exact) mass is 406 g/mol. The molecule has 1 aromatic carbocycles. The normalized spacial score (nSPS) is 16.4. The Morgan fingerprint density at radius 1 is 1.12 bits per heavy atom. The molecule has 0 N–H and O–H groups in total. The zero-order chi connectivity index (χ0) is 18.6. The van der Waals surface area contributed by atoms with Crippen molar-refractivity contribution in [2.24, 2.45) is 5.92 Å². The van der Waals surface area contributed by atoms with E-state index < -0.39 is 10.0 Å². The van der Waals surface area contributed by atoms with Crippen LogP contribution in [0.1, 0.15) is 32.3 Å². The van der Waals surface area contributed by atoms with Crippen molar-refractivity contribution >= 4 is 39.1 Å². The van der Waals surface area contributed by atoms with Gasteiger partial charge in [-0.2, -0.15) is 4.31 Å². The fraction of sp³-hybridized carbons (Fsp3) is 0.588. The molecular formula is C17H24Cl2N2O3S. The van der Waals surface area contributed by atoms with E-state index in [9.17, 15) is 13.2 Å². The van der Waals surface area contributed by atoms with Crippen molar-refractivity contribution in [2.45, 2.75) is 32.4 Å². The van der Waals surface area contributed by atoms with Gasteiger partial charge in [0.05, 0.1) is 5.75 Å². The highest BCUT2D eigenvalue weighted by atomic mass is 35.5. The fourth-order valence-electron chi connectivity index (χ4n) is 2.73. The molecule has 2 rings (SSSR count). The second-order valence-electron chi connectivity index (χ2n) is 6.67. The minimum Gasteiger partial charge on any atom is -0.340 e. The molecule has 1 aromatic rings. The quantitative estimate of drug-likeness (QED) is 0.726. The number of piperazine rings is 1. The van der Waals surface area contributed by atoms with Crippen molar-refractivity contribution in [2.75, 3.05) is 26.2 Å². The Balaban J connectivity index is 1.96. The van der Waals surface area contributed by atoms with Crippen molar-refractivity contribution in [3.05, 3.63) is 33.8 Å². The van der Waals surface area contributed by atoms with Crippen LogP contribution >= 0.6 is 23.2 Å². The van der Waals surface area contributed by atoms with E-state index in [1.165, 1.54) is 4.31 Å². The van der Waals surface area contributed by atoms with Gasteiger partial charge in [-0.1, -0.05) is 43.1 Å². The molecule has 0 aromatic heterocycles. The van der Waals surface area contributed by atoms with E-state index in [1.807, 2.05) is 0 Å². The SMILES string of the molecule is CC(C)CCC(=O)N1CCN(S(=O)(=O)Cc2c(Cl)cccc2Cl)CC1. The van der Waals surface area contributed by atoms with E-state index in [4.69, 9.17) is 23.2 Å². The average Bonchev–Trinajstić information content (AvgIpc) is 2.56. The Labute approximate surface area is 159 Å². The van der Waals surface area contributed by atoms with Gasteiger partial charge in [-0.05, 0) is 24.5 Å². The van der Waals surface area contributed by atoms with Crippen molar-refractivity contribution in [3.8, 4) is 0 Å². The number of carbonyl (C=O) groups excluding carboxylic acids is 1. The maximum absolute atomic E-state index is 12.7. The lowest BCUT2D eigenvalue weighted by atomic mass is 10.1. The predicted octanol–water partition coefficient (Wildman–Crippen LogP) is 3.40. The smallest absolute Gasteiger partial charge is 0.222 e. The van der Waals surface area contributed by atoms with Crippen molar-refractivity contribution in [1.82, 2.24) is 9.21 Å². The minimum atomic E-state index is -3.53. The molecule has 1 fully saturated rings. The molecule has 0 unspecified atom stereocenters. The average molecular weight is 407 g/mol. The van der Waals surface area contributed by atoms with Crippen LogP contribution in [-0.4, -0.2) is 49.7 Å². The molecule has 1 amide bonds. The molecule has 25 heavy (non-hydrogen) atoms. The summed E-state index contributed by atoms with van der Waals surface area (Å²) in [5.41, 5.74) is 0.418. The summed E-state index contributed by atoms with van der Waals surface area (Å²) in [7, 11) is -3.53. The molecule has 1 aliphatic heterocycles. The summed E-state index contributed by atoms with van der Waals surface area (Å²) >= 11 is 12.2. The van der Waals surface area contributed by atoms with E-state index in [0.29, 0.717) is 54.1 Å². The number of benzene rings is 1. The first-order chi connectivity index (χ1) is 11.7. The number of hydrogen-bond donors (Lipinski definition) is 0. The molecule has 8 heteroatoms. The van der Waals surface area contributed by atoms with E-state index >= 15 is 0 Å². The zero-order valence-corrected chi connectivity index (χ0v) is 16.9. The molecule has 140 valence electrons. The number of nitrogens with zero attached hydrogens (tertiary/aromatic N) is 2. The van der Waals surface area contributed by atoms with Gasteiger partial charge in [0.15, 0.2) is 0 Å². The molecule has 0 bridgehead atoms. The summed E-state index contributed by atoms with van der Waals surface area (Å²) in [4.78, 5) is 13.9. The van der Waals surface area contributed by atoms with Crippen LogP contribution in [-0.2, 0) is 20.6 Å². The topological polar surface area (TPSA) is 57.7 Å². The number of amides is 1. The highest BCUT2D eigenvalue weighted by Crippen LogP contribution is 2.27. The molecule has 0 atom stereocenters. The van der Waals surface area contributed by atoms with E-state index in [1.54, 1.807) is 23.1 Å². The largest absolute Gasteiger partial charge is 0.340 e. The van der Waals surface area contributed by atoms with Gasteiger partial charge in [-0.3, -0.25) is 4.79 Å². The number of sulfonamides is 1. The van der Waals surface area contributed by atoms with Crippen LogP contribution in [0.3, 0.4) is 0 Å². The number of carbonyl (C=O) groups is 1. The van der Waals surface area contributed by atoms with E-state index in [-0.39, 0.29) is 11.7 Å². The Kier molecular flexibility index (Phi) is 7.14. The second kappa shape index (κ2) is 8.71. The second-order valence-corrected chi connectivity index (χ2v) is 9.45. The van der Waals surface area contributed by atoms with Crippen LogP contribution in [0.15, 0.2) is 18.2 Å². The highest BCUT2D eigenvalue weighted by Gasteiger charge is 2.29. The van der Waals surface area contributed by atoms with Crippen LogP contribution < -0.4 is 0 Å². The van der Waals surface area contributed by atoms with Gasteiger partial charge in [0, 0.05) is 48.2 Å². The predicted molar refractivity (Wildman–Crippen MR) is 101 cm³/mol. The third-order valence-electron chi connectivity index (χ3n) is 4.31. The molecule has 0 spiro atoms. The van der Waals surface area contributed by atoms with Gasteiger partial charge in [-0.25, -0.2) is 8.42 Å². The molecule has 1 aliphatic rings. The summed E-state index contributed by atoms with van der Waals surface area (Å²) in [6.45, 7) is 5.61. The molecule has 1 heterocycles. The Morgan fingerprint density at radius 2 is 1.68 bits per heavy atom. The van der Waals surface area contributed by atoms with Gasteiger partial charge < -0.3 is 4.90 Å². The Hall–Kier alpha value is -0.820. The molecule has 1 saturated heterocycles. The van der Waals surface area contributed by atoms with Crippen molar-refractivity contribution in [1.29, 1.82) is 0 Å². The standard InChI is InChI=1S/C17H24Cl2N2O3S/c1-13(2)6-7-17(22)20-8-10-21(11-9-20)25(23,24)12-14-15(18)4-3-5-16(14)19/h3-5,13H,6-12H2,1-2H3. The van der Waals surface area contributed by atoms with E-state index in [0.717, 1.165) is 6.42 Å². The molecule has 5 nitrogen and oxygen atoms in total. The van der Waals surface area contributed by atoms with Gasteiger partial charge in [-0.15, -0.1) is 0 Å². The third kappa shape index (κ3) is 5.58. The first-order valence-corrected chi connectivity index (χ1v) is 10.8. The molecular weight excluding hydrogens is 383 g/mol. The minimum absolute atomic E-state index is 0.0971. The number of hydrogen-bond acceptors (Lipinski definition) is 3. The Bertz CT molecular complexity index is 694. The molecule has 0 radical (unpaired) electrons. The van der Waals surface area contributed by atoms with Crippen molar-refractivity contribution < 1.29 is 13.2 Å². The first kappa shape index (κ1) is 20.5. The van der Waals surface area contributed by atoms with Crippen molar-refractivity contribution in [3.63, 3.8) is 0 Å². The van der Waals surface area contributed by atoms with Gasteiger partial charge in [0.2, 0.25) is 15.9 Å². The number of rotatable bonds is 6. The summed E-state index contributed by atoms with van der Waals surface area (Å²) in [5.74, 6) is 0.346. The van der Waals surface area contributed by atoms with Crippen LogP contribution in [0.4, 0.5) is 0 Å². The van der Waals surface area contributed by atoms with E-state index in [2.05, 4.69) is 13.8 Å². The lowest BCUT2D eigenvalue weighted by molar-refractivity contribution is -0.132. The molecule has 0 aliphatic carbocycles. The fourth-order valence-corrected chi connectivity index (χ4v) is 5.00. The van der Waals surface area contributed by atoms with Gasteiger partial charge in [0.25, 0.3) is 0 Å². The van der Waals surface area contributed by atoms with Gasteiger partial charge in [0.1, 0.15) is 0 Å². The number of halogens is 2. The summed E-state index contributed by atoms with van der Waals surface area (Å²) < 4.78 is 26.7. The third-order valence-corrected chi connectivity index (χ3v) is 6.82. The Morgan fingerprint density at radius 3 is 2.20 bits per heavy atom. The van der Waals surface area contributed by atoms with Gasteiger partial charge >= 0.3 is 0 Å². The lowest BCUT2D eigenvalue weighted by Gasteiger charge is -2.34. The lowest BCUT2D eigenvalue weighted by Crippen LogP contribution is -2.50. The van der Waals surface area contributed by atoms with Crippen LogP contribution in [0, 0.1) is 5.92 Å². The zero-order valence-electron chi connectivity index (χ0n) is 14.5. The van der Waals surface area contributed by atoms with Crippen LogP contribution in [0.5, 0.6) is 0 Å². The summed E-state index contributed by atoms with van der Waals surface area (Å²) in [6, 6.07) is 4.94. The maximum atomic E-state index is 12.7. The maximum Gasteiger partial charge on any atom is 0.222 e. The van der Waals surface area contributed by atoms with Crippen LogP contribution in [0.25, 0.3) is 0 Å². The first-order valence-electron chi connectivity index (χ1n) is 8.39. The molecule has 0 saturated carbocycles. The highest BCUT2D eigenvalue weighted by molar-refractivity contribution is 7.88. The summed E-state index contributed by atoms with van der Waals surface area (Å²) in [6.07, 6.45) is 1.36.